The lowest BCUT2D eigenvalue weighted by atomic mass is 10.2. The lowest BCUT2D eigenvalue weighted by Gasteiger charge is -2.19. The topological polar surface area (TPSA) is 89.7 Å². The number of amides is 1. The van der Waals surface area contributed by atoms with Crippen molar-refractivity contribution in [3.8, 4) is 0 Å². The molecule has 2 aromatic carbocycles. The Bertz CT molecular complexity index is 760. The van der Waals surface area contributed by atoms with Crippen molar-refractivity contribution in [3.63, 3.8) is 0 Å². The van der Waals surface area contributed by atoms with Gasteiger partial charge in [-0.05, 0) is 17.7 Å². The molecule has 116 valence electrons. The Hall–Kier alpha value is -2.38. The second-order valence-corrected chi connectivity index (χ2v) is 6.14. The standard InChI is InChI=1S/C15H16N2O4S/c1-17(13-9-5-6-10-14(13)22(16,19)20)15(18)21-11-12-7-3-2-4-8-12/h2-10H,11H2,1H3,(H2,16,19,20). The minimum Gasteiger partial charge on any atom is -0.444 e. The van der Waals surface area contributed by atoms with Gasteiger partial charge in [-0.1, -0.05) is 42.5 Å². The number of para-hydroxylation sites is 1. The van der Waals surface area contributed by atoms with Crippen molar-refractivity contribution in [1.29, 1.82) is 0 Å². The fourth-order valence-electron chi connectivity index (χ4n) is 1.89. The van der Waals surface area contributed by atoms with Gasteiger partial charge in [0.2, 0.25) is 10.0 Å². The van der Waals surface area contributed by atoms with E-state index in [9.17, 15) is 13.2 Å². The van der Waals surface area contributed by atoms with Crippen LogP contribution in [0.25, 0.3) is 0 Å². The fraction of sp³-hybridized carbons (Fsp3) is 0.133. The Kier molecular flexibility index (Phi) is 4.79. The second kappa shape index (κ2) is 6.59. The Labute approximate surface area is 129 Å². The molecule has 0 aliphatic carbocycles. The van der Waals surface area contributed by atoms with Gasteiger partial charge in [0.25, 0.3) is 0 Å². The van der Waals surface area contributed by atoms with Crippen LogP contribution in [0.2, 0.25) is 0 Å². The van der Waals surface area contributed by atoms with Crippen LogP contribution in [0.5, 0.6) is 0 Å². The van der Waals surface area contributed by atoms with Crippen LogP contribution in [0.3, 0.4) is 0 Å². The number of rotatable bonds is 4. The number of carbonyl (C=O) groups excluding carboxylic acids is 1. The SMILES string of the molecule is CN(C(=O)OCc1ccccc1)c1ccccc1S(N)(=O)=O. The lowest BCUT2D eigenvalue weighted by Crippen LogP contribution is -2.29. The molecule has 0 unspecified atom stereocenters. The zero-order valence-electron chi connectivity index (χ0n) is 12.0. The summed E-state index contributed by atoms with van der Waals surface area (Å²) in [5.41, 5.74) is 1.01. The van der Waals surface area contributed by atoms with Crippen LogP contribution in [0.15, 0.2) is 59.5 Å². The predicted molar refractivity (Wildman–Crippen MR) is 82.8 cm³/mol. The highest BCUT2D eigenvalue weighted by atomic mass is 32.2. The third-order valence-corrected chi connectivity index (χ3v) is 3.97. The van der Waals surface area contributed by atoms with Crippen LogP contribution in [0.1, 0.15) is 5.56 Å². The maximum absolute atomic E-state index is 12.1. The molecule has 2 aromatic rings. The summed E-state index contributed by atoms with van der Waals surface area (Å²) in [6.07, 6.45) is -0.667. The summed E-state index contributed by atoms with van der Waals surface area (Å²) in [5, 5.41) is 5.15. The highest BCUT2D eigenvalue weighted by Crippen LogP contribution is 2.23. The number of sulfonamides is 1. The molecule has 6 nitrogen and oxygen atoms in total. The van der Waals surface area contributed by atoms with Crippen molar-refractivity contribution in [2.75, 3.05) is 11.9 Å². The van der Waals surface area contributed by atoms with Gasteiger partial charge in [0.05, 0.1) is 5.69 Å². The molecule has 0 aliphatic heterocycles. The Morgan fingerprint density at radius 1 is 1.09 bits per heavy atom. The number of carbonyl (C=O) groups is 1. The first kappa shape index (κ1) is 16.0. The third kappa shape index (κ3) is 3.84. The van der Waals surface area contributed by atoms with Crippen molar-refractivity contribution in [2.45, 2.75) is 11.5 Å². The normalized spacial score (nSPS) is 11.0. The lowest BCUT2D eigenvalue weighted by molar-refractivity contribution is 0.148. The van der Waals surface area contributed by atoms with Gasteiger partial charge in [-0.15, -0.1) is 0 Å². The molecule has 0 radical (unpaired) electrons. The molecule has 1 amide bonds. The van der Waals surface area contributed by atoms with Crippen LogP contribution >= 0.6 is 0 Å². The van der Waals surface area contributed by atoms with E-state index in [4.69, 9.17) is 9.88 Å². The van der Waals surface area contributed by atoms with E-state index in [0.29, 0.717) is 0 Å². The molecule has 2 N–H and O–H groups in total. The summed E-state index contributed by atoms with van der Waals surface area (Å²) in [6, 6.07) is 15.2. The molecular formula is C15H16N2O4S. The summed E-state index contributed by atoms with van der Waals surface area (Å²) in [6.45, 7) is 0.0988. The number of nitrogens with two attached hydrogens (primary N) is 1. The van der Waals surface area contributed by atoms with Gasteiger partial charge < -0.3 is 4.74 Å². The monoisotopic (exact) mass is 320 g/mol. The summed E-state index contributed by atoms with van der Waals surface area (Å²) in [4.78, 5) is 13.0. The average molecular weight is 320 g/mol. The summed E-state index contributed by atoms with van der Waals surface area (Å²) in [7, 11) is -2.50. The second-order valence-electron chi connectivity index (χ2n) is 4.61. The summed E-state index contributed by atoms with van der Waals surface area (Å²) >= 11 is 0. The van der Waals surface area contributed by atoms with E-state index in [1.54, 1.807) is 6.07 Å². The van der Waals surface area contributed by atoms with Crippen LogP contribution in [-0.4, -0.2) is 21.6 Å². The molecule has 0 heterocycles. The third-order valence-electron chi connectivity index (χ3n) is 3.01. The van der Waals surface area contributed by atoms with Gasteiger partial charge in [0.1, 0.15) is 11.5 Å². The number of nitrogens with zero attached hydrogens (tertiary/aromatic N) is 1. The van der Waals surface area contributed by atoms with E-state index in [-0.39, 0.29) is 17.2 Å². The number of hydrogen-bond acceptors (Lipinski definition) is 4. The molecule has 0 bridgehead atoms. The van der Waals surface area contributed by atoms with E-state index in [1.807, 2.05) is 30.3 Å². The van der Waals surface area contributed by atoms with E-state index < -0.39 is 16.1 Å². The van der Waals surface area contributed by atoms with Gasteiger partial charge in [0.15, 0.2) is 0 Å². The average Bonchev–Trinajstić information content (AvgIpc) is 2.52. The van der Waals surface area contributed by atoms with Gasteiger partial charge in [-0.2, -0.15) is 0 Å². The molecule has 0 atom stereocenters. The molecule has 7 heteroatoms. The molecule has 0 saturated heterocycles. The zero-order chi connectivity index (χ0) is 16.2. The highest BCUT2D eigenvalue weighted by Gasteiger charge is 2.20. The molecule has 22 heavy (non-hydrogen) atoms. The molecular weight excluding hydrogens is 304 g/mol. The molecule has 0 saturated carbocycles. The van der Waals surface area contributed by atoms with Crippen molar-refractivity contribution < 1.29 is 17.9 Å². The quantitative estimate of drug-likeness (QED) is 0.934. The van der Waals surface area contributed by atoms with Crippen molar-refractivity contribution in [1.82, 2.24) is 0 Å². The van der Waals surface area contributed by atoms with Gasteiger partial charge in [-0.3, -0.25) is 4.90 Å². The fourth-order valence-corrected chi connectivity index (χ4v) is 2.65. The van der Waals surface area contributed by atoms with E-state index in [0.717, 1.165) is 10.5 Å². The van der Waals surface area contributed by atoms with Crippen molar-refractivity contribution >= 4 is 21.8 Å². The molecule has 0 aliphatic rings. The smallest absolute Gasteiger partial charge is 0.414 e. The number of ether oxygens (including phenoxy) is 1. The van der Waals surface area contributed by atoms with Crippen LogP contribution < -0.4 is 10.0 Å². The number of benzene rings is 2. The summed E-state index contributed by atoms with van der Waals surface area (Å²) < 4.78 is 28.3. The number of anilines is 1. The first-order chi connectivity index (χ1) is 10.4. The van der Waals surface area contributed by atoms with Gasteiger partial charge >= 0.3 is 6.09 Å². The Morgan fingerprint density at radius 3 is 2.32 bits per heavy atom. The molecule has 0 aromatic heterocycles. The molecule has 2 rings (SSSR count). The van der Waals surface area contributed by atoms with E-state index in [2.05, 4.69) is 0 Å². The molecule has 0 fully saturated rings. The minimum atomic E-state index is -3.93. The largest absolute Gasteiger partial charge is 0.444 e. The Balaban J connectivity index is 2.15. The Morgan fingerprint density at radius 2 is 1.68 bits per heavy atom. The number of hydrogen-bond donors (Lipinski definition) is 1. The van der Waals surface area contributed by atoms with Crippen LogP contribution in [0, 0.1) is 0 Å². The number of primary sulfonamides is 1. The van der Waals surface area contributed by atoms with Crippen LogP contribution in [0.4, 0.5) is 10.5 Å². The zero-order valence-corrected chi connectivity index (χ0v) is 12.8. The maximum Gasteiger partial charge on any atom is 0.414 e. The van der Waals surface area contributed by atoms with E-state index >= 15 is 0 Å². The maximum atomic E-state index is 12.1. The highest BCUT2D eigenvalue weighted by molar-refractivity contribution is 7.89. The van der Waals surface area contributed by atoms with Crippen molar-refractivity contribution in [3.05, 3.63) is 60.2 Å². The van der Waals surface area contributed by atoms with Crippen LogP contribution in [-0.2, 0) is 21.4 Å². The van der Waals surface area contributed by atoms with Gasteiger partial charge in [0, 0.05) is 7.05 Å². The van der Waals surface area contributed by atoms with Crippen molar-refractivity contribution in [2.24, 2.45) is 5.14 Å². The first-order valence-corrected chi connectivity index (χ1v) is 8.00. The predicted octanol–water partition coefficient (Wildman–Crippen LogP) is 2.11. The molecule has 0 spiro atoms. The first-order valence-electron chi connectivity index (χ1n) is 6.46. The summed E-state index contributed by atoms with van der Waals surface area (Å²) in [5.74, 6) is 0. The van der Waals surface area contributed by atoms with E-state index in [1.165, 1.54) is 25.2 Å². The van der Waals surface area contributed by atoms with Gasteiger partial charge in [-0.25, -0.2) is 18.4 Å². The minimum absolute atomic E-state index is 0.0988.